The number of carbonyl (C=O) groups is 2. The Morgan fingerprint density at radius 3 is 2.75 bits per heavy atom. The maximum absolute atomic E-state index is 13.8. The van der Waals surface area contributed by atoms with Gasteiger partial charge in [-0.25, -0.2) is 4.39 Å². The van der Waals surface area contributed by atoms with E-state index in [1.807, 2.05) is 0 Å². The van der Waals surface area contributed by atoms with Crippen molar-refractivity contribution in [1.29, 1.82) is 0 Å². The predicted octanol–water partition coefficient (Wildman–Crippen LogP) is 1.79. The van der Waals surface area contributed by atoms with Gasteiger partial charge < -0.3 is 15.8 Å². The van der Waals surface area contributed by atoms with E-state index in [1.54, 1.807) is 13.8 Å². The van der Waals surface area contributed by atoms with Crippen molar-refractivity contribution in [1.82, 2.24) is 5.32 Å². The normalized spacial score (nSPS) is 10.2. The van der Waals surface area contributed by atoms with E-state index < -0.39 is 11.7 Å². The number of carbonyl (C=O) groups excluding carboxylic acids is 2. The highest BCUT2D eigenvalue weighted by Gasteiger charge is 2.14. The average Bonchev–Trinajstić information content (AvgIpc) is 2.39. The number of hydrogen-bond acceptors (Lipinski definition) is 4. The maximum Gasteiger partial charge on any atom is 0.305 e. The molecule has 1 amide bonds. The molecule has 5 nitrogen and oxygen atoms in total. The Hall–Kier alpha value is -2.11. The topological polar surface area (TPSA) is 81.4 Å². The largest absolute Gasteiger partial charge is 0.466 e. The van der Waals surface area contributed by atoms with Gasteiger partial charge in [-0.05, 0) is 38.0 Å². The second-order valence-electron chi connectivity index (χ2n) is 4.36. The zero-order valence-electron chi connectivity index (χ0n) is 11.7. The summed E-state index contributed by atoms with van der Waals surface area (Å²) in [6.45, 7) is 3.87. The van der Waals surface area contributed by atoms with Crippen LogP contribution in [-0.4, -0.2) is 25.0 Å². The number of benzene rings is 1. The number of hydrogen-bond donors (Lipinski definition) is 2. The lowest BCUT2D eigenvalue weighted by Crippen LogP contribution is -2.26. The molecule has 0 fully saturated rings. The minimum atomic E-state index is -0.581. The first kappa shape index (κ1) is 15.9. The van der Waals surface area contributed by atoms with Gasteiger partial charge in [0.05, 0.1) is 12.2 Å². The lowest BCUT2D eigenvalue weighted by molar-refractivity contribution is -0.143. The Kier molecular flexibility index (Phi) is 5.96. The smallest absolute Gasteiger partial charge is 0.305 e. The van der Waals surface area contributed by atoms with Gasteiger partial charge >= 0.3 is 5.97 Å². The van der Waals surface area contributed by atoms with Crippen LogP contribution in [-0.2, 0) is 9.53 Å². The van der Waals surface area contributed by atoms with Crippen molar-refractivity contribution < 1.29 is 18.7 Å². The van der Waals surface area contributed by atoms with E-state index in [0.717, 1.165) is 0 Å². The molecule has 0 bridgehead atoms. The number of rotatable bonds is 6. The van der Waals surface area contributed by atoms with Crippen LogP contribution in [0.5, 0.6) is 0 Å². The van der Waals surface area contributed by atoms with Crippen molar-refractivity contribution >= 4 is 17.6 Å². The molecular formula is C14H19FN2O3. The van der Waals surface area contributed by atoms with Crippen molar-refractivity contribution in [2.75, 3.05) is 18.9 Å². The molecule has 0 aliphatic heterocycles. The number of ether oxygens (including phenoxy) is 1. The highest BCUT2D eigenvalue weighted by atomic mass is 19.1. The third-order valence-electron chi connectivity index (χ3n) is 2.67. The first-order chi connectivity index (χ1) is 9.45. The molecule has 6 heteroatoms. The van der Waals surface area contributed by atoms with Gasteiger partial charge in [0.15, 0.2) is 0 Å². The zero-order chi connectivity index (χ0) is 15.1. The van der Waals surface area contributed by atoms with Crippen LogP contribution in [0.2, 0.25) is 0 Å². The number of halogens is 1. The van der Waals surface area contributed by atoms with Crippen molar-refractivity contribution in [2.45, 2.75) is 26.7 Å². The molecule has 0 aromatic heterocycles. The molecule has 0 atom stereocenters. The van der Waals surface area contributed by atoms with E-state index in [1.165, 1.54) is 12.1 Å². The molecule has 0 heterocycles. The fraction of sp³-hybridized carbons (Fsp3) is 0.429. The number of nitrogens with one attached hydrogen (secondary N) is 1. The summed E-state index contributed by atoms with van der Waals surface area (Å²) in [5.74, 6) is -1.43. The molecule has 20 heavy (non-hydrogen) atoms. The zero-order valence-corrected chi connectivity index (χ0v) is 11.7. The highest BCUT2D eigenvalue weighted by Crippen LogP contribution is 2.16. The van der Waals surface area contributed by atoms with Gasteiger partial charge in [0.2, 0.25) is 0 Å². The minimum Gasteiger partial charge on any atom is -0.466 e. The molecule has 110 valence electrons. The highest BCUT2D eigenvalue weighted by molar-refractivity contribution is 5.95. The Bertz CT molecular complexity index is 503. The monoisotopic (exact) mass is 282 g/mol. The fourth-order valence-corrected chi connectivity index (χ4v) is 1.73. The van der Waals surface area contributed by atoms with E-state index >= 15 is 0 Å². The number of nitrogen functional groups attached to an aromatic ring is 1. The van der Waals surface area contributed by atoms with Gasteiger partial charge in [-0.1, -0.05) is 0 Å². The number of esters is 1. The van der Waals surface area contributed by atoms with Crippen LogP contribution in [0.1, 0.15) is 35.7 Å². The molecule has 3 N–H and O–H groups in total. The summed E-state index contributed by atoms with van der Waals surface area (Å²) >= 11 is 0. The van der Waals surface area contributed by atoms with E-state index in [4.69, 9.17) is 10.5 Å². The van der Waals surface area contributed by atoms with Crippen LogP contribution in [0.3, 0.4) is 0 Å². The molecule has 1 aromatic carbocycles. The standard InChI is InChI=1S/C14H19FN2O3/c1-3-20-12(18)5-4-6-17-14(19)11-8-10(16)7-9(2)13(11)15/h7-8H,3-6,16H2,1-2H3,(H,17,19). The minimum absolute atomic E-state index is 0.0846. The van der Waals surface area contributed by atoms with Gasteiger partial charge in [0.25, 0.3) is 5.91 Å². The van der Waals surface area contributed by atoms with Crippen molar-refractivity contribution in [3.63, 3.8) is 0 Å². The Balaban J connectivity index is 2.50. The quantitative estimate of drug-likeness (QED) is 0.473. The van der Waals surface area contributed by atoms with Gasteiger partial charge in [-0.15, -0.1) is 0 Å². The molecule has 0 saturated heterocycles. The number of amides is 1. The number of aryl methyl sites for hydroxylation is 1. The van der Waals surface area contributed by atoms with E-state index in [2.05, 4.69) is 5.32 Å². The number of anilines is 1. The lowest BCUT2D eigenvalue weighted by Gasteiger charge is -2.08. The van der Waals surface area contributed by atoms with Crippen LogP contribution in [0, 0.1) is 12.7 Å². The predicted molar refractivity (Wildman–Crippen MR) is 73.7 cm³/mol. The molecule has 1 aromatic rings. The first-order valence-corrected chi connectivity index (χ1v) is 6.45. The molecular weight excluding hydrogens is 263 g/mol. The molecule has 0 saturated carbocycles. The third kappa shape index (κ3) is 4.53. The van der Waals surface area contributed by atoms with Crippen LogP contribution in [0.15, 0.2) is 12.1 Å². The van der Waals surface area contributed by atoms with Gasteiger partial charge in [-0.2, -0.15) is 0 Å². The first-order valence-electron chi connectivity index (χ1n) is 6.45. The van der Waals surface area contributed by atoms with Gasteiger partial charge in [0, 0.05) is 18.7 Å². The Labute approximate surface area is 117 Å². The Morgan fingerprint density at radius 2 is 2.10 bits per heavy atom. The summed E-state index contributed by atoms with van der Waals surface area (Å²) in [5.41, 5.74) is 6.16. The average molecular weight is 282 g/mol. The molecule has 0 aliphatic carbocycles. The molecule has 0 aliphatic rings. The second kappa shape index (κ2) is 7.47. The Morgan fingerprint density at radius 1 is 1.40 bits per heavy atom. The summed E-state index contributed by atoms with van der Waals surface area (Å²) in [5, 5.41) is 2.55. The molecule has 1 rings (SSSR count). The summed E-state index contributed by atoms with van der Waals surface area (Å²) in [7, 11) is 0. The molecule has 0 unspecified atom stereocenters. The van der Waals surface area contributed by atoms with Crippen molar-refractivity contribution in [2.24, 2.45) is 0 Å². The van der Waals surface area contributed by atoms with E-state index in [0.29, 0.717) is 24.3 Å². The SMILES string of the molecule is CCOC(=O)CCCNC(=O)c1cc(N)cc(C)c1F. The third-order valence-corrected chi connectivity index (χ3v) is 2.67. The molecule has 0 spiro atoms. The van der Waals surface area contributed by atoms with Crippen molar-refractivity contribution in [3.05, 3.63) is 29.1 Å². The van der Waals surface area contributed by atoms with Crippen LogP contribution in [0.25, 0.3) is 0 Å². The van der Waals surface area contributed by atoms with E-state index in [9.17, 15) is 14.0 Å². The van der Waals surface area contributed by atoms with Gasteiger partial charge in [-0.3, -0.25) is 9.59 Å². The maximum atomic E-state index is 13.8. The van der Waals surface area contributed by atoms with Crippen LogP contribution in [0.4, 0.5) is 10.1 Å². The van der Waals surface area contributed by atoms with Crippen LogP contribution >= 0.6 is 0 Å². The summed E-state index contributed by atoms with van der Waals surface area (Å²) in [6, 6.07) is 2.76. The van der Waals surface area contributed by atoms with Gasteiger partial charge in [0.1, 0.15) is 5.82 Å². The number of nitrogens with two attached hydrogens (primary N) is 1. The second-order valence-corrected chi connectivity index (χ2v) is 4.36. The summed E-state index contributed by atoms with van der Waals surface area (Å²) in [6.07, 6.45) is 0.653. The van der Waals surface area contributed by atoms with E-state index in [-0.39, 0.29) is 24.5 Å². The van der Waals surface area contributed by atoms with Crippen LogP contribution < -0.4 is 11.1 Å². The van der Waals surface area contributed by atoms with Crippen molar-refractivity contribution in [3.8, 4) is 0 Å². The lowest BCUT2D eigenvalue weighted by atomic mass is 10.1. The molecule has 0 radical (unpaired) electrons. The summed E-state index contributed by atoms with van der Waals surface area (Å²) < 4.78 is 18.5. The summed E-state index contributed by atoms with van der Waals surface area (Å²) in [4.78, 5) is 22.9. The fourth-order valence-electron chi connectivity index (χ4n) is 1.73.